The highest BCUT2D eigenvalue weighted by atomic mass is 16.3. The normalized spacial score (nSPS) is 13.5. The summed E-state index contributed by atoms with van der Waals surface area (Å²) in [5.41, 5.74) is 7.30. The summed E-state index contributed by atoms with van der Waals surface area (Å²) in [4.78, 5) is 0. The summed E-state index contributed by atoms with van der Waals surface area (Å²) in [7, 11) is 0. The minimum Gasteiger partial charge on any atom is -0.472 e. The Kier molecular flexibility index (Phi) is 4.03. The van der Waals surface area contributed by atoms with Crippen molar-refractivity contribution in [3.63, 3.8) is 0 Å². The molecule has 0 fully saturated rings. The van der Waals surface area contributed by atoms with Crippen LogP contribution >= 0.6 is 0 Å². The van der Waals surface area contributed by atoms with E-state index in [1.54, 1.807) is 12.5 Å². The SMILES string of the molecule is CCC(CC)C(N)Cc1ccoc1. The molecule has 2 heteroatoms. The van der Waals surface area contributed by atoms with Crippen LogP contribution in [0.3, 0.4) is 0 Å². The molecule has 2 nitrogen and oxygen atoms in total. The fourth-order valence-electron chi connectivity index (χ4n) is 1.74. The molecule has 0 aromatic carbocycles. The topological polar surface area (TPSA) is 39.2 Å². The second-order valence-corrected chi connectivity index (χ2v) is 3.58. The molecule has 1 heterocycles. The lowest BCUT2D eigenvalue weighted by molar-refractivity contribution is 0.392. The second kappa shape index (κ2) is 5.07. The summed E-state index contributed by atoms with van der Waals surface area (Å²) in [6.07, 6.45) is 6.74. The summed E-state index contributed by atoms with van der Waals surface area (Å²) in [5.74, 6) is 0.634. The summed E-state index contributed by atoms with van der Waals surface area (Å²) >= 11 is 0. The van der Waals surface area contributed by atoms with Crippen molar-refractivity contribution in [3.8, 4) is 0 Å². The van der Waals surface area contributed by atoms with E-state index >= 15 is 0 Å². The molecule has 1 aromatic rings. The smallest absolute Gasteiger partial charge is 0.0935 e. The van der Waals surface area contributed by atoms with Crippen LogP contribution in [-0.2, 0) is 6.42 Å². The first-order valence-corrected chi connectivity index (χ1v) is 5.04. The Balaban J connectivity index is 2.44. The van der Waals surface area contributed by atoms with Gasteiger partial charge in [-0.1, -0.05) is 26.7 Å². The van der Waals surface area contributed by atoms with Gasteiger partial charge in [-0.05, 0) is 24.0 Å². The van der Waals surface area contributed by atoms with Crippen molar-refractivity contribution in [3.05, 3.63) is 24.2 Å². The first-order valence-electron chi connectivity index (χ1n) is 5.04. The monoisotopic (exact) mass is 181 g/mol. The summed E-state index contributed by atoms with van der Waals surface area (Å²) in [6, 6.07) is 2.26. The summed E-state index contributed by atoms with van der Waals surface area (Å²) in [6.45, 7) is 4.40. The van der Waals surface area contributed by atoms with E-state index in [2.05, 4.69) is 13.8 Å². The number of hydrogen-bond acceptors (Lipinski definition) is 2. The Morgan fingerprint density at radius 1 is 1.38 bits per heavy atom. The van der Waals surface area contributed by atoms with Crippen molar-refractivity contribution < 1.29 is 4.42 Å². The van der Waals surface area contributed by atoms with E-state index in [1.165, 1.54) is 5.56 Å². The standard InChI is InChI=1S/C11H19NO/c1-3-10(4-2)11(12)7-9-5-6-13-8-9/h5-6,8,10-11H,3-4,7,12H2,1-2H3. The summed E-state index contributed by atoms with van der Waals surface area (Å²) in [5, 5.41) is 0. The Hall–Kier alpha value is -0.760. The van der Waals surface area contributed by atoms with Crippen LogP contribution in [-0.4, -0.2) is 6.04 Å². The molecular formula is C11H19NO. The number of furan rings is 1. The molecule has 0 amide bonds. The van der Waals surface area contributed by atoms with Crippen LogP contribution in [0, 0.1) is 5.92 Å². The highest BCUT2D eigenvalue weighted by Crippen LogP contribution is 2.15. The Bertz CT molecular complexity index is 214. The number of hydrogen-bond donors (Lipinski definition) is 1. The van der Waals surface area contributed by atoms with Crippen LogP contribution in [0.5, 0.6) is 0 Å². The predicted octanol–water partition coefficient (Wildman–Crippen LogP) is 2.59. The molecule has 0 aliphatic carbocycles. The molecule has 1 aromatic heterocycles. The fourth-order valence-corrected chi connectivity index (χ4v) is 1.74. The third-order valence-electron chi connectivity index (χ3n) is 2.71. The first-order chi connectivity index (χ1) is 6.27. The third-order valence-corrected chi connectivity index (χ3v) is 2.71. The van der Waals surface area contributed by atoms with Crippen LogP contribution in [0.25, 0.3) is 0 Å². The van der Waals surface area contributed by atoms with Gasteiger partial charge >= 0.3 is 0 Å². The van der Waals surface area contributed by atoms with Crippen molar-refractivity contribution in [1.29, 1.82) is 0 Å². The molecule has 0 radical (unpaired) electrons. The third kappa shape index (κ3) is 2.88. The maximum Gasteiger partial charge on any atom is 0.0935 e. The molecule has 0 bridgehead atoms. The van der Waals surface area contributed by atoms with E-state index in [9.17, 15) is 0 Å². The van der Waals surface area contributed by atoms with E-state index in [1.807, 2.05) is 6.07 Å². The van der Waals surface area contributed by atoms with Crippen molar-refractivity contribution >= 4 is 0 Å². The quantitative estimate of drug-likeness (QED) is 0.758. The lowest BCUT2D eigenvalue weighted by atomic mass is 9.91. The van der Waals surface area contributed by atoms with Crippen molar-refractivity contribution in [2.75, 3.05) is 0 Å². The molecule has 2 N–H and O–H groups in total. The van der Waals surface area contributed by atoms with E-state index < -0.39 is 0 Å². The van der Waals surface area contributed by atoms with Crippen LogP contribution in [0.1, 0.15) is 32.3 Å². The second-order valence-electron chi connectivity index (χ2n) is 3.58. The lowest BCUT2D eigenvalue weighted by Gasteiger charge is -2.20. The molecule has 0 aliphatic heterocycles. The van der Waals surface area contributed by atoms with Gasteiger partial charge in [0.15, 0.2) is 0 Å². The maximum atomic E-state index is 6.09. The molecule has 0 spiro atoms. The van der Waals surface area contributed by atoms with Gasteiger partial charge in [0.25, 0.3) is 0 Å². The number of rotatable bonds is 5. The highest BCUT2D eigenvalue weighted by Gasteiger charge is 2.14. The molecular weight excluding hydrogens is 162 g/mol. The average molecular weight is 181 g/mol. The van der Waals surface area contributed by atoms with Crippen molar-refractivity contribution in [2.45, 2.75) is 39.2 Å². The van der Waals surface area contributed by atoms with Crippen LogP contribution in [0.2, 0.25) is 0 Å². The van der Waals surface area contributed by atoms with Gasteiger partial charge in [-0.15, -0.1) is 0 Å². The molecule has 74 valence electrons. The molecule has 1 unspecified atom stereocenters. The highest BCUT2D eigenvalue weighted by molar-refractivity contribution is 5.07. The van der Waals surface area contributed by atoms with E-state index in [0.29, 0.717) is 5.92 Å². The zero-order valence-corrected chi connectivity index (χ0v) is 8.49. The molecule has 0 aliphatic rings. The summed E-state index contributed by atoms with van der Waals surface area (Å²) < 4.78 is 5.01. The van der Waals surface area contributed by atoms with E-state index in [4.69, 9.17) is 10.2 Å². The van der Waals surface area contributed by atoms with Gasteiger partial charge in [0.2, 0.25) is 0 Å². The average Bonchev–Trinajstić information content (AvgIpc) is 2.59. The zero-order valence-electron chi connectivity index (χ0n) is 8.49. The predicted molar refractivity (Wildman–Crippen MR) is 54.5 cm³/mol. The van der Waals surface area contributed by atoms with Crippen molar-refractivity contribution in [1.82, 2.24) is 0 Å². The van der Waals surface area contributed by atoms with Gasteiger partial charge in [-0.2, -0.15) is 0 Å². The van der Waals surface area contributed by atoms with Gasteiger partial charge in [-0.3, -0.25) is 0 Å². The first kappa shape index (κ1) is 10.3. The lowest BCUT2D eigenvalue weighted by Crippen LogP contribution is -2.31. The zero-order chi connectivity index (χ0) is 9.68. The molecule has 13 heavy (non-hydrogen) atoms. The largest absolute Gasteiger partial charge is 0.472 e. The fraction of sp³-hybridized carbons (Fsp3) is 0.636. The van der Waals surface area contributed by atoms with Crippen molar-refractivity contribution in [2.24, 2.45) is 11.7 Å². The Labute approximate surface area is 80.1 Å². The van der Waals surface area contributed by atoms with Gasteiger partial charge in [-0.25, -0.2) is 0 Å². The van der Waals surface area contributed by atoms with Gasteiger partial charge < -0.3 is 10.2 Å². The van der Waals surface area contributed by atoms with Gasteiger partial charge in [0.05, 0.1) is 12.5 Å². The minimum absolute atomic E-state index is 0.271. The van der Waals surface area contributed by atoms with Gasteiger partial charge in [0.1, 0.15) is 0 Å². The van der Waals surface area contributed by atoms with E-state index in [-0.39, 0.29) is 6.04 Å². The minimum atomic E-state index is 0.271. The van der Waals surface area contributed by atoms with Crippen LogP contribution in [0.4, 0.5) is 0 Å². The number of nitrogens with two attached hydrogens (primary N) is 1. The van der Waals surface area contributed by atoms with Crippen LogP contribution in [0.15, 0.2) is 23.0 Å². The Morgan fingerprint density at radius 2 is 2.08 bits per heavy atom. The Morgan fingerprint density at radius 3 is 2.54 bits per heavy atom. The molecule has 0 saturated heterocycles. The molecule has 1 atom stereocenters. The van der Waals surface area contributed by atoms with E-state index in [0.717, 1.165) is 19.3 Å². The molecule has 0 saturated carbocycles. The van der Waals surface area contributed by atoms with Crippen LogP contribution < -0.4 is 5.73 Å². The van der Waals surface area contributed by atoms with Gasteiger partial charge in [0, 0.05) is 6.04 Å². The maximum absolute atomic E-state index is 6.09. The molecule has 1 rings (SSSR count).